The lowest BCUT2D eigenvalue weighted by atomic mass is 9.98. The SMILES string of the molecule is COc1ccc(OCCCC(=O)N2CC3CCC(N)C3C2)cc1.Cl. The summed E-state index contributed by atoms with van der Waals surface area (Å²) in [7, 11) is 1.64. The highest BCUT2D eigenvalue weighted by Crippen LogP contribution is 2.37. The van der Waals surface area contributed by atoms with Crippen LogP contribution in [-0.4, -0.2) is 43.7 Å². The lowest BCUT2D eigenvalue weighted by molar-refractivity contribution is -0.130. The molecule has 6 heteroatoms. The smallest absolute Gasteiger partial charge is 0.222 e. The van der Waals surface area contributed by atoms with Gasteiger partial charge < -0.3 is 20.1 Å². The van der Waals surface area contributed by atoms with Crippen LogP contribution < -0.4 is 15.2 Å². The summed E-state index contributed by atoms with van der Waals surface area (Å²) in [6.45, 7) is 2.30. The van der Waals surface area contributed by atoms with E-state index < -0.39 is 0 Å². The summed E-state index contributed by atoms with van der Waals surface area (Å²) in [6.07, 6.45) is 3.58. The number of amides is 1. The van der Waals surface area contributed by atoms with E-state index in [1.165, 1.54) is 6.42 Å². The zero-order chi connectivity index (χ0) is 16.2. The van der Waals surface area contributed by atoms with E-state index >= 15 is 0 Å². The van der Waals surface area contributed by atoms with Crippen molar-refractivity contribution < 1.29 is 14.3 Å². The number of likely N-dealkylation sites (tertiary alicyclic amines) is 1. The molecule has 2 N–H and O–H groups in total. The maximum absolute atomic E-state index is 12.3. The van der Waals surface area contributed by atoms with Gasteiger partial charge in [-0.25, -0.2) is 0 Å². The second-order valence-electron chi connectivity index (χ2n) is 6.59. The normalized spacial score (nSPS) is 25.1. The van der Waals surface area contributed by atoms with Gasteiger partial charge in [0.05, 0.1) is 13.7 Å². The Hall–Kier alpha value is -1.46. The third kappa shape index (κ3) is 4.33. The molecule has 1 saturated heterocycles. The van der Waals surface area contributed by atoms with Crippen molar-refractivity contribution in [3.8, 4) is 11.5 Å². The molecule has 2 fully saturated rings. The molecule has 24 heavy (non-hydrogen) atoms. The van der Waals surface area contributed by atoms with Crippen molar-refractivity contribution in [2.75, 3.05) is 26.8 Å². The van der Waals surface area contributed by atoms with Crippen molar-refractivity contribution in [1.29, 1.82) is 0 Å². The Kier molecular flexibility index (Phi) is 6.75. The van der Waals surface area contributed by atoms with Gasteiger partial charge in [0.1, 0.15) is 11.5 Å². The van der Waals surface area contributed by atoms with Gasteiger partial charge in [-0.15, -0.1) is 12.4 Å². The summed E-state index contributed by atoms with van der Waals surface area (Å²) in [5.74, 6) is 3.01. The summed E-state index contributed by atoms with van der Waals surface area (Å²) in [4.78, 5) is 14.3. The Bertz CT molecular complexity index is 538. The van der Waals surface area contributed by atoms with Crippen molar-refractivity contribution in [3.63, 3.8) is 0 Å². The van der Waals surface area contributed by atoms with Crippen molar-refractivity contribution in [1.82, 2.24) is 4.90 Å². The van der Waals surface area contributed by atoms with Crippen LogP contribution in [0, 0.1) is 11.8 Å². The monoisotopic (exact) mass is 354 g/mol. The zero-order valence-corrected chi connectivity index (χ0v) is 15.0. The molecule has 5 nitrogen and oxygen atoms in total. The maximum Gasteiger partial charge on any atom is 0.222 e. The highest BCUT2D eigenvalue weighted by molar-refractivity contribution is 5.85. The number of ether oxygens (including phenoxy) is 2. The van der Waals surface area contributed by atoms with Gasteiger partial charge in [-0.05, 0) is 55.4 Å². The van der Waals surface area contributed by atoms with E-state index in [4.69, 9.17) is 15.2 Å². The van der Waals surface area contributed by atoms with E-state index in [0.29, 0.717) is 24.9 Å². The van der Waals surface area contributed by atoms with Gasteiger partial charge in [0, 0.05) is 25.6 Å². The molecule has 1 amide bonds. The van der Waals surface area contributed by atoms with Crippen LogP contribution in [0.5, 0.6) is 11.5 Å². The van der Waals surface area contributed by atoms with Crippen LogP contribution in [0.25, 0.3) is 0 Å². The number of nitrogens with zero attached hydrogens (tertiary/aromatic N) is 1. The first-order valence-electron chi connectivity index (χ1n) is 8.47. The lowest BCUT2D eigenvalue weighted by Crippen LogP contribution is -2.33. The van der Waals surface area contributed by atoms with E-state index in [1.54, 1.807) is 7.11 Å². The fourth-order valence-electron chi connectivity index (χ4n) is 3.75. The molecule has 0 bridgehead atoms. The topological polar surface area (TPSA) is 64.8 Å². The Morgan fingerprint density at radius 2 is 1.92 bits per heavy atom. The summed E-state index contributed by atoms with van der Waals surface area (Å²) >= 11 is 0. The van der Waals surface area contributed by atoms with Crippen LogP contribution in [-0.2, 0) is 4.79 Å². The highest BCUT2D eigenvalue weighted by Gasteiger charge is 2.42. The number of hydrogen-bond acceptors (Lipinski definition) is 4. The van der Waals surface area contributed by atoms with Gasteiger partial charge in [0.2, 0.25) is 5.91 Å². The fourth-order valence-corrected chi connectivity index (χ4v) is 3.75. The number of fused-ring (bicyclic) bond motifs is 1. The number of rotatable bonds is 6. The van der Waals surface area contributed by atoms with Gasteiger partial charge >= 0.3 is 0 Å². The number of nitrogens with two attached hydrogens (primary N) is 1. The zero-order valence-electron chi connectivity index (χ0n) is 14.1. The van der Waals surface area contributed by atoms with Crippen LogP contribution in [0.4, 0.5) is 0 Å². The van der Waals surface area contributed by atoms with Gasteiger partial charge in [-0.3, -0.25) is 4.79 Å². The second kappa shape index (κ2) is 8.58. The summed E-state index contributed by atoms with van der Waals surface area (Å²) in [6, 6.07) is 7.78. The van der Waals surface area contributed by atoms with E-state index in [0.717, 1.165) is 37.4 Å². The van der Waals surface area contributed by atoms with Gasteiger partial charge in [-0.1, -0.05) is 0 Å². The summed E-state index contributed by atoms with van der Waals surface area (Å²) < 4.78 is 10.8. The Morgan fingerprint density at radius 1 is 1.21 bits per heavy atom. The molecule has 0 spiro atoms. The predicted octanol–water partition coefficient (Wildman–Crippen LogP) is 2.47. The first-order chi connectivity index (χ1) is 11.2. The van der Waals surface area contributed by atoms with E-state index in [1.807, 2.05) is 29.2 Å². The minimum absolute atomic E-state index is 0. The van der Waals surface area contributed by atoms with Crippen LogP contribution in [0.1, 0.15) is 25.7 Å². The molecular formula is C18H27ClN2O3. The number of hydrogen-bond donors (Lipinski definition) is 1. The Balaban J connectivity index is 0.00000208. The molecule has 3 unspecified atom stereocenters. The standard InChI is InChI=1S/C18H26N2O3.ClH/c1-22-14-5-7-15(8-6-14)23-10-2-3-18(21)20-11-13-4-9-17(19)16(13)12-20;/h5-8,13,16-17H,2-4,9-12,19H2,1H3;1H. The number of carbonyl (C=O) groups is 1. The van der Waals surface area contributed by atoms with Crippen molar-refractivity contribution >= 4 is 18.3 Å². The molecule has 1 aliphatic heterocycles. The van der Waals surface area contributed by atoms with E-state index in [2.05, 4.69) is 0 Å². The Morgan fingerprint density at radius 3 is 2.58 bits per heavy atom. The van der Waals surface area contributed by atoms with E-state index in [-0.39, 0.29) is 24.4 Å². The highest BCUT2D eigenvalue weighted by atomic mass is 35.5. The quantitative estimate of drug-likeness (QED) is 0.797. The fraction of sp³-hybridized carbons (Fsp3) is 0.611. The average Bonchev–Trinajstić information content (AvgIpc) is 3.14. The van der Waals surface area contributed by atoms with Gasteiger partial charge in [0.15, 0.2) is 0 Å². The van der Waals surface area contributed by atoms with Crippen molar-refractivity contribution in [2.45, 2.75) is 31.7 Å². The molecule has 134 valence electrons. The second-order valence-corrected chi connectivity index (χ2v) is 6.59. The van der Waals surface area contributed by atoms with Crippen LogP contribution in [0.3, 0.4) is 0 Å². The minimum Gasteiger partial charge on any atom is -0.497 e. The number of halogens is 1. The van der Waals surface area contributed by atoms with Gasteiger partial charge in [0.25, 0.3) is 0 Å². The summed E-state index contributed by atoms with van der Waals surface area (Å²) in [5.41, 5.74) is 6.12. The van der Waals surface area contributed by atoms with Crippen LogP contribution >= 0.6 is 12.4 Å². The summed E-state index contributed by atoms with van der Waals surface area (Å²) in [5, 5.41) is 0. The molecule has 1 heterocycles. The molecule has 1 saturated carbocycles. The van der Waals surface area contributed by atoms with Crippen LogP contribution in [0.2, 0.25) is 0 Å². The first-order valence-corrected chi connectivity index (χ1v) is 8.47. The van der Waals surface area contributed by atoms with Crippen LogP contribution in [0.15, 0.2) is 24.3 Å². The molecule has 1 aromatic rings. The molecule has 0 aromatic heterocycles. The largest absolute Gasteiger partial charge is 0.497 e. The number of carbonyl (C=O) groups excluding carboxylic acids is 1. The minimum atomic E-state index is 0. The van der Waals surface area contributed by atoms with Crippen molar-refractivity contribution in [2.24, 2.45) is 17.6 Å². The molecule has 1 aromatic carbocycles. The maximum atomic E-state index is 12.3. The third-order valence-corrected chi connectivity index (χ3v) is 5.13. The van der Waals surface area contributed by atoms with Gasteiger partial charge in [-0.2, -0.15) is 0 Å². The number of methoxy groups -OCH3 is 1. The van der Waals surface area contributed by atoms with E-state index in [9.17, 15) is 4.79 Å². The first kappa shape index (κ1) is 18.9. The molecule has 3 atom stereocenters. The molecule has 2 aliphatic rings. The molecule has 1 aliphatic carbocycles. The molecular weight excluding hydrogens is 328 g/mol. The predicted molar refractivity (Wildman–Crippen MR) is 95.7 cm³/mol. The number of benzene rings is 1. The lowest BCUT2D eigenvalue weighted by Gasteiger charge is -2.18. The van der Waals surface area contributed by atoms with Crippen molar-refractivity contribution in [3.05, 3.63) is 24.3 Å². The molecule has 3 rings (SSSR count). The molecule has 0 radical (unpaired) electrons. The average molecular weight is 355 g/mol. The Labute approximate surface area is 149 Å². The third-order valence-electron chi connectivity index (χ3n) is 5.13.